The van der Waals surface area contributed by atoms with Gasteiger partial charge in [0.1, 0.15) is 6.33 Å². The number of rotatable bonds is 2. The second kappa shape index (κ2) is 3.73. The second-order valence-corrected chi connectivity index (χ2v) is 3.49. The van der Waals surface area contributed by atoms with Gasteiger partial charge in [0, 0.05) is 0 Å². The molecule has 2 rings (SSSR count). The fourth-order valence-corrected chi connectivity index (χ4v) is 1.47. The lowest BCUT2D eigenvalue weighted by molar-refractivity contribution is 0.0696. The number of aryl methyl sites for hydroxylation is 1. The number of aromatic carboxylic acids is 1. The summed E-state index contributed by atoms with van der Waals surface area (Å²) in [6, 6.07) is 3.40. The number of tetrazole rings is 1. The number of nitrogens with zero attached hydrogens (tertiary/aromatic N) is 4. The van der Waals surface area contributed by atoms with Crippen LogP contribution in [0.15, 0.2) is 18.5 Å². The summed E-state index contributed by atoms with van der Waals surface area (Å²) < 4.78 is 1.43. The predicted octanol–water partition coefficient (Wildman–Crippen LogP) is 0.977. The van der Waals surface area contributed by atoms with Crippen molar-refractivity contribution in [3.63, 3.8) is 0 Å². The SMILES string of the molecule is Cc1cc(-n2cnnn2)cc(C(=O)O)c1C. The predicted molar refractivity (Wildman–Crippen MR) is 55.6 cm³/mol. The Morgan fingerprint density at radius 1 is 1.38 bits per heavy atom. The topological polar surface area (TPSA) is 80.9 Å². The summed E-state index contributed by atoms with van der Waals surface area (Å²) in [4.78, 5) is 11.0. The van der Waals surface area contributed by atoms with E-state index in [4.69, 9.17) is 5.11 Å². The average Bonchev–Trinajstić information content (AvgIpc) is 2.74. The van der Waals surface area contributed by atoms with Crippen LogP contribution in [0.3, 0.4) is 0 Å². The summed E-state index contributed by atoms with van der Waals surface area (Å²) in [5.41, 5.74) is 2.56. The second-order valence-electron chi connectivity index (χ2n) is 3.49. The smallest absolute Gasteiger partial charge is 0.336 e. The molecule has 0 saturated heterocycles. The van der Waals surface area contributed by atoms with Gasteiger partial charge in [0.25, 0.3) is 0 Å². The number of carboxylic acid groups (broad SMARTS) is 1. The Morgan fingerprint density at radius 3 is 2.69 bits per heavy atom. The highest BCUT2D eigenvalue weighted by Gasteiger charge is 2.12. The van der Waals surface area contributed by atoms with E-state index in [1.54, 1.807) is 13.0 Å². The van der Waals surface area contributed by atoms with Crippen LogP contribution in [0.1, 0.15) is 21.5 Å². The average molecular weight is 218 g/mol. The van der Waals surface area contributed by atoms with E-state index in [9.17, 15) is 4.79 Å². The van der Waals surface area contributed by atoms with Gasteiger partial charge < -0.3 is 5.11 Å². The van der Waals surface area contributed by atoms with Gasteiger partial charge in [-0.25, -0.2) is 9.48 Å². The van der Waals surface area contributed by atoms with Crippen LogP contribution in [-0.4, -0.2) is 31.3 Å². The van der Waals surface area contributed by atoms with Gasteiger partial charge in [0.05, 0.1) is 11.3 Å². The largest absolute Gasteiger partial charge is 0.478 e. The third kappa shape index (κ3) is 1.65. The highest BCUT2D eigenvalue weighted by molar-refractivity contribution is 5.90. The fourth-order valence-electron chi connectivity index (χ4n) is 1.47. The van der Waals surface area contributed by atoms with Crippen LogP contribution >= 0.6 is 0 Å². The third-order valence-corrected chi connectivity index (χ3v) is 2.50. The quantitative estimate of drug-likeness (QED) is 0.812. The van der Waals surface area contributed by atoms with Crippen LogP contribution in [0.25, 0.3) is 5.69 Å². The first-order chi connectivity index (χ1) is 7.59. The van der Waals surface area contributed by atoms with E-state index in [1.165, 1.54) is 11.0 Å². The first-order valence-corrected chi connectivity index (χ1v) is 4.67. The molecule has 0 aliphatic carbocycles. The fraction of sp³-hybridized carbons (Fsp3) is 0.200. The van der Waals surface area contributed by atoms with E-state index in [2.05, 4.69) is 15.5 Å². The Kier molecular flexibility index (Phi) is 2.40. The van der Waals surface area contributed by atoms with Crippen LogP contribution in [0, 0.1) is 13.8 Å². The molecule has 0 bridgehead atoms. The minimum absolute atomic E-state index is 0.269. The summed E-state index contributed by atoms with van der Waals surface area (Å²) in [5.74, 6) is -0.949. The molecule has 16 heavy (non-hydrogen) atoms. The molecule has 0 aliphatic rings. The van der Waals surface area contributed by atoms with Gasteiger partial charge in [0.15, 0.2) is 0 Å². The van der Waals surface area contributed by atoms with Crippen LogP contribution in [0.4, 0.5) is 0 Å². The van der Waals surface area contributed by atoms with Crippen LogP contribution in [-0.2, 0) is 0 Å². The zero-order chi connectivity index (χ0) is 11.7. The first-order valence-electron chi connectivity index (χ1n) is 4.67. The highest BCUT2D eigenvalue weighted by Crippen LogP contribution is 2.18. The van der Waals surface area contributed by atoms with Gasteiger partial charge in [-0.2, -0.15) is 0 Å². The van der Waals surface area contributed by atoms with E-state index in [-0.39, 0.29) is 5.56 Å². The highest BCUT2D eigenvalue weighted by atomic mass is 16.4. The van der Waals surface area contributed by atoms with E-state index < -0.39 is 5.97 Å². The number of benzene rings is 1. The molecule has 2 aromatic rings. The Balaban J connectivity index is 2.62. The Bertz CT molecular complexity index is 534. The van der Waals surface area contributed by atoms with Crippen molar-refractivity contribution in [2.75, 3.05) is 0 Å². The number of carbonyl (C=O) groups is 1. The van der Waals surface area contributed by atoms with Crippen molar-refractivity contribution < 1.29 is 9.90 Å². The lowest BCUT2D eigenvalue weighted by Gasteiger charge is -2.08. The molecule has 1 aromatic heterocycles. The molecule has 1 N–H and O–H groups in total. The molecular weight excluding hydrogens is 208 g/mol. The van der Waals surface area contributed by atoms with Gasteiger partial charge in [-0.15, -0.1) is 5.10 Å². The molecule has 0 atom stereocenters. The zero-order valence-corrected chi connectivity index (χ0v) is 8.88. The van der Waals surface area contributed by atoms with Crippen molar-refractivity contribution >= 4 is 5.97 Å². The minimum Gasteiger partial charge on any atom is -0.478 e. The monoisotopic (exact) mass is 218 g/mol. The molecule has 6 heteroatoms. The summed E-state index contributed by atoms with van der Waals surface area (Å²) in [6.45, 7) is 3.64. The molecule has 0 aliphatic heterocycles. The Hall–Kier alpha value is -2.24. The van der Waals surface area contributed by atoms with Crippen molar-refractivity contribution in [1.82, 2.24) is 20.2 Å². The van der Waals surface area contributed by atoms with Gasteiger partial charge in [-0.05, 0) is 47.5 Å². The van der Waals surface area contributed by atoms with Gasteiger partial charge >= 0.3 is 5.97 Å². The maximum absolute atomic E-state index is 11.0. The summed E-state index contributed by atoms with van der Waals surface area (Å²) in [6.07, 6.45) is 1.43. The molecule has 0 fully saturated rings. The third-order valence-electron chi connectivity index (χ3n) is 2.50. The van der Waals surface area contributed by atoms with Gasteiger partial charge in [-0.1, -0.05) is 0 Å². The van der Waals surface area contributed by atoms with E-state index in [0.29, 0.717) is 5.69 Å². The van der Waals surface area contributed by atoms with Crippen molar-refractivity contribution in [1.29, 1.82) is 0 Å². The zero-order valence-electron chi connectivity index (χ0n) is 8.88. The van der Waals surface area contributed by atoms with Crippen molar-refractivity contribution in [3.05, 3.63) is 35.2 Å². The van der Waals surface area contributed by atoms with Crippen LogP contribution < -0.4 is 0 Å². The molecule has 82 valence electrons. The summed E-state index contributed by atoms with van der Waals surface area (Å²) >= 11 is 0. The number of hydrogen-bond donors (Lipinski definition) is 1. The molecule has 0 spiro atoms. The normalized spacial score (nSPS) is 10.4. The summed E-state index contributed by atoms with van der Waals surface area (Å²) in [5, 5.41) is 19.8. The van der Waals surface area contributed by atoms with Gasteiger partial charge in [-0.3, -0.25) is 0 Å². The molecule has 1 heterocycles. The standard InChI is InChI=1S/C10H10N4O2/c1-6-3-8(14-5-11-12-13-14)4-9(7(6)2)10(15)16/h3-5H,1-2H3,(H,15,16). The lowest BCUT2D eigenvalue weighted by Crippen LogP contribution is -2.05. The van der Waals surface area contributed by atoms with Crippen molar-refractivity contribution in [3.8, 4) is 5.69 Å². The van der Waals surface area contributed by atoms with Crippen LogP contribution in [0.5, 0.6) is 0 Å². The molecule has 0 unspecified atom stereocenters. The first kappa shape index (κ1) is 10.3. The van der Waals surface area contributed by atoms with Crippen molar-refractivity contribution in [2.45, 2.75) is 13.8 Å². The Labute approximate surface area is 91.5 Å². The number of carboxylic acids is 1. The lowest BCUT2D eigenvalue weighted by atomic mass is 10.0. The number of aromatic nitrogens is 4. The number of hydrogen-bond acceptors (Lipinski definition) is 4. The molecular formula is C10H10N4O2. The van der Waals surface area contributed by atoms with E-state index >= 15 is 0 Å². The maximum Gasteiger partial charge on any atom is 0.336 e. The maximum atomic E-state index is 11.0. The summed E-state index contributed by atoms with van der Waals surface area (Å²) in [7, 11) is 0. The molecule has 0 amide bonds. The minimum atomic E-state index is -0.949. The van der Waals surface area contributed by atoms with E-state index in [0.717, 1.165) is 11.1 Å². The van der Waals surface area contributed by atoms with Crippen molar-refractivity contribution in [2.24, 2.45) is 0 Å². The van der Waals surface area contributed by atoms with Gasteiger partial charge in [0.2, 0.25) is 0 Å². The molecule has 0 radical (unpaired) electrons. The molecule has 6 nitrogen and oxygen atoms in total. The molecule has 0 saturated carbocycles. The van der Waals surface area contributed by atoms with E-state index in [1.807, 2.05) is 13.0 Å². The molecule has 1 aromatic carbocycles. The Morgan fingerprint density at radius 2 is 2.12 bits per heavy atom. The van der Waals surface area contributed by atoms with Crippen LogP contribution in [0.2, 0.25) is 0 Å².